The normalized spacial score (nSPS) is 11.6. The van der Waals surface area contributed by atoms with Crippen molar-refractivity contribution in [2.45, 2.75) is 25.9 Å². The number of carbonyl (C=O) groups is 1. The fourth-order valence-electron chi connectivity index (χ4n) is 1.31. The molecule has 0 spiro atoms. The van der Waals surface area contributed by atoms with E-state index in [-0.39, 0.29) is 11.6 Å². The summed E-state index contributed by atoms with van der Waals surface area (Å²) < 4.78 is 36.2. The highest BCUT2D eigenvalue weighted by Gasteiger charge is 2.38. The van der Waals surface area contributed by atoms with Crippen LogP contribution in [0.25, 0.3) is 0 Å². The van der Waals surface area contributed by atoms with E-state index in [1.807, 2.05) is 19.2 Å². The lowest BCUT2D eigenvalue weighted by Gasteiger charge is -2.14. The first kappa shape index (κ1) is 12.5. The highest BCUT2D eigenvalue weighted by Crippen LogP contribution is 2.25. The zero-order chi connectivity index (χ0) is 12.3. The fourth-order valence-corrected chi connectivity index (χ4v) is 1.31. The van der Waals surface area contributed by atoms with Crippen LogP contribution in [0.1, 0.15) is 25.3 Å². The molecular weight excluding hydrogens is 219 g/mol. The number of hydrogen-bond acceptors (Lipinski definition) is 1. The third-order valence-electron chi connectivity index (χ3n) is 2.09. The van der Waals surface area contributed by atoms with Crippen LogP contribution < -0.4 is 5.32 Å². The summed E-state index contributed by atoms with van der Waals surface area (Å²) in [7, 11) is 0. The molecule has 0 atom stereocenters. The van der Waals surface area contributed by atoms with Gasteiger partial charge in [-0.2, -0.15) is 13.2 Å². The van der Waals surface area contributed by atoms with Crippen LogP contribution in [0, 0.1) is 0 Å². The molecule has 0 heterocycles. The highest BCUT2D eigenvalue weighted by atomic mass is 19.4. The molecule has 0 fully saturated rings. The first-order valence-corrected chi connectivity index (χ1v) is 4.79. The predicted octanol–water partition coefficient (Wildman–Crippen LogP) is 3.31. The Labute approximate surface area is 91.5 Å². The molecule has 1 rings (SSSR count). The minimum atomic E-state index is -4.86. The molecule has 88 valence electrons. The summed E-state index contributed by atoms with van der Waals surface area (Å²) in [5.41, 5.74) is 0.889. The summed E-state index contributed by atoms with van der Waals surface area (Å²) in [5, 5.41) is 1.87. The number of rotatable bonds is 2. The second-order valence-corrected chi connectivity index (χ2v) is 3.69. The first-order valence-electron chi connectivity index (χ1n) is 4.79. The Morgan fingerprint density at radius 1 is 1.25 bits per heavy atom. The number of alkyl halides is 3. The maximum absolute atomic E-state index is 12.1. The van der Waals surface area contributed by atoms with Gasteiger partial charge in [0.25, 0.3) is 0 Å². The Morgan fingerprint density at radius 3 is 2.31 bits per heavy atom. The first-order chi connectivity index (χ1) is 7.32. The summed E-state index contributed by atoms with van der Waals surface area (Å²) in [6, 6.07) is 6.45. The van der Waals surface area contributed by atoms with Gasteiger partial charge in [0, 0.05) is 5.69 Å². The van der Waals surface area contributed by atoms with Gasteiger partial charge in [0.05, 0.1) is 0 Å². The van der Waals surface area contributed by atoms with Gasteiger partial charge in [0.15, 0.2) is 0 Å². The van der Waals surface area contributed by atoms with Crippen molar-refractivity contribution in [2.24, 2.45) is 0 Å². The van der Waals surface area contributed by atoms with E-state index in [2.05, 4.69) is 0 Å². The van der Waals surface area contributed by atoms with E-state index in [1.54, 1.807) is 18.2 Å². The number of nitrogens with one attached hydrogen (secondary N) is 1. The monoisotopic (exact) mass is 231 g/mol. The average molecular weight is 231 g/mol. The molecule has 0 aromatic heterocycles. The molecule has 0 aliphatic heterocycles. The van der Waals surface area contributed by atoms with Crippen LogP contribution in [-0.2, 0) is 4.79 Å². The number of benzene rings is 1. The highest BCUT2D eigenvalue weighted by molar-refractivity contribution is 5.95. The molecule has 0 bridgehead atoms. The van der Waals surface area contributed by atoms with E-state index in [0.717, 1.165) is 0 Å². The standard InChI is InChI=1S/C11H12F3NO/c1-7(2)8-5-3-4-6-9(8)15-10(16)11(12,13)14/h3-7H,1-2H3,(H,15,16). The van der Waals surface area contributed by atoms with Gasteiger partial charge in [-0.05, 0) is 17.5 Å². The van der Waals surface area contributed by atoms with E-state index in [9.17, 15) is 18.0 Å². The molecule has 0 radical (unpaired) electrons. The number of para-hydroxylation sites is 1. The Kier molecular flexibility index (Phi) is 3.57. The molecule has 0 saturated carbocycles. The summed E-state index contributed by atoms with van der Waals surface area (Å²) >= 11 is 0. The van der Waals surface area contributed by atoms with E-state index in [1.165, 1.54) is 6.07 Å². The molecule has 1 N–H and O–H groups in total. The Morgan fingerprint density at radius 2 is 1.81 bits per heavy atom. The SMILES string of the molecule is CC(C)c1ccccc1NC(=O)C(F)(F)F. The maximum atomic E-state index is 12.1. The quantitative estimate of drug-likeness (QED) is 0.831. The lowest BCUT2D eigenvalue weighted by Crippen LogP contribution is -2.30. The van der Waals surface area contributed by atoms with E-state index >= 15 is 0 Å². The molecule has 1 aromatic rings. The molecular formula is C11H12F3NO. The van der Waals surface area contributed by atoms with Gasteiger partial charge >= 0.3 is 12.1 Å². The lowest BCUT2D eigenvalue weighted by atomic mass is 10.0. The largest absolute Gasteiger partial charge is 0.471 e. The number of anilines is 1. The maximum Gasteiger partial charge on any atom is 0.471 e. The molecule has 0 aliphatic carbocycles. The van der Waals surface area contributed by atoms with Gasteiger partial charge in [-0.25, -0.2) is 0 Å². The topological polar surface area (TPSA) is 29.1 Å². The van der Waals surface area contributed by atoms with Gasteiger partial charge in [0.2, 0.25) is 0 Å². The van der Waals surface area contributed by atoms with Crippen molar-refractivity contribution in [3.8, 4) is 0 Å². The van der Waals surface area contributed by atoms with Crippen LogP contribution in [-0.4, -0.2) is 12.1 Å². The van der Waals surface area contributed by atoms with Gasteiger partial charge in [-0.15, -0.1) is 0 Å². The van der Waals surface area contributed by atoms with E-state index < -0.39 is 12.1 Å². The molecule has 1 amide bonds. The van der Waals surface area contributed by atoms with E-state index in [0.29, 0.717) is 5.56 Å². The summed E-state index contributed by atoms with van der Waals surface area (Å²) in [4.78, 5) is 10.8. The number of hydrogen-bond donors (Lipinski definition) is 1. The summed E-state index contributed by atoms with van der Waals surface area (Å²) in [6.07, 6.45) is -4.86. The molecule has 5 heteroatoms. The zero-order valence-corrected chi connectivity index (χ0v) is 8.93. The minimum absolute atomic E-state index is 0.0460. The minimum Gasteiger partial charge on any atom is -0.318 e. The second kappa shape index (κ2) is 4.55. The lowest BCUT2D eigenvalue weighted by molar-refractivity contribution is -0.167. The number of amides is 1. The Bertz CT molecular complexity index is 385. The Hall–Kier alpha value is -1.52. The second-order valence-electron chi connectivity index (χ2n) is 3.69. The van der Waals surface area contributed by atoms with Gasteiger partial charge in [0.1, 0.15) is 0 Å². The third-order valence-corrected chi connectivity index (χ3v) is 2.09. The smallest absolute Gasteiger partial charge is 0.318 e. The van der Waals surface area contributed by atoms with Crippen molar-refractivity contribution in [3.63, 3.8) is 0 Å². The van der Waals surface area contributed by atoms with Crippen LogP contribution in [0.4, 0.5) is 18.9 Å². The molecule has 2 nitrogen and oxygen atoms in total. The van der Waals surface area contributed by atoms with Gasteiger partial charge in [-0.1, -0.05) is 32.0 Å². The van der Waals surface area contributed by atoms with E-state index in [4.69, 9.17) is 0 Å². The van der Waals surface area contributed by atoms with Gasteiger partial charge in [-0.3, -0.25) is 4.79 Å². The van der Waals surface area contributed by atoms with Crippen molar-refractivity contribution in [1.29, 1.82) is 0 Å². The molecule has 16 heavy (non-hydrogen) atoms. The van der Waals surface area contributed by atoms with Crippen LogP contribution in [0.3, 0.4) is 0 Å². The number of carbonyl (C=O) groups excluding carboxylic acids is 1. The zero-order valence-electron chi connectivity index (χ0n) is 8.93. The predicted molar refractivity (Wildman–Crippen MR) is 55.2 cm³/mol. The fraction of sp³-hybridized carbons (Fsp3) is 0.364. The molecule has 1 aromatic carbocycles. The number of halogens is 3. The van der Waals surface area contributed by atoms with Crippen molar-refractivity contribution >= 4 is 11.6 Å². The molecule has 0 saturated heterocycles. The third kappa shape index (κ3) is 2.98. The molecule has 0 unspecified atom stereocenters. The average Bonchev–Trinajstić information content (AvgIpc) is 2.16. The van der Waals surface area contributed by atoms with Crippen LogP contribution in [0.2, 0.25) is 0 Å². The van der Waals surface area contributed by atoms with Crippen molar-refractivity contribution in [2.75, 3.05) is 5.32 Å². The summed E-state index contributed by atoms with van der Waals surface area (Å²) in [6.45, 7) is 3.69. The van der Waals surface area contributed by atoms with Crippen molar-refractivity contribution in [1.82, 2.24) is 0 Å². The van der Waals surface area contributed by atoms with Crippen LogP contribution >= 0.6 is 0 Å². The van der Waals surface area contributed by atoms with Crippen molar-refractivity contribution < 1.29 is 18.0 Å². The molecule has 0 aliphatic rings. The van der Waals surface area contributed by atoms with Crippen LogP contribution in [0.5, 0.6) is 0 Å². The van der Waals surface area contributed by atoms with Gasteiger partial charge < -0.3 is 5.32 Å². The van der Waals surface area contributed by atoms with Crippen LogP contribution in [0.15, 0.2) is 24.3 Å². The van der Waals surface area contributed by atoms with Crippen molar-refractivity contribution in [3.05, 3.63) is 29.8 Å². The summed E-state index contributed by atoms with van der Waals surface area (Å²) in [5.74, 6) is -1.90. The Balaban J connectivity index is 2.94.